The second-order valence-corrected chi connectivity index (χ2v) is 4.50. The highest BCUT2D eigenvalue weighted by Gasteiger charge is 2.10. The first-order valence-electron chi connectivity index (χ1n) is 6.12. The van der Waals surface area contributed by atoms with E-state index in [0.717, 1.165) is 0 Å². The quantitative estimate of drug-likeness (QED) is 0.741. The molecule has 0 aliphatic rings. The van der Waals surface area contributed by atoms with Crippen molar-refractivity contribution in [1.29, 1.82) is 0 Å². The minimum absolute atomic E-state index is 0.0593. The van der Waals surface area contributed by atoms with Crippen LogP contribution < -0.4 is 5.56 Å². The molecule has 8 heteroatoms. The van der Waals surface area contributed by atoms with E-state index in [1.54, 1.807) is 19.2 Å². The Labute approximate surface area is 118 Å². The summed E-state index contributed by atoms with van der Waals surface area (Å²) in [5.41, 5.74) is 0.678. The van der Waals surface area contributed by atoms with Crippen molar-refractivity contribution >= 4 is 17.0 Å². The Morgan fingerprint density at radius 3 is 2.95 bits per heavy atom. The SMILES string of the molecule is Cn1ncc2c(=O)n(Cc3cccc(C(=O)O)n3)cnc21. The Kier molecular flexibility index (Phi) is 2.98. The van der Waals surface area contributed by atoms with Gasteiger partial charge in [-0.25, -0.2) is 14.8 Å². The zero-order valence-electron chi connectivity index (χ0n) is 11.1. The van der Waals surface area contributed by atoms with Crippen LogP contribution in [0, 0.1) is 0 Å². The Balaban J connectivity index is 2.02. The monoisotopic (exact) mass is 285 g/mol. The molecule has 3 heterocycles. The van der Waals surface area contributed by atoms with E-state index >= 15 is 0 Å². The second kappa shape index (κ2) is 4.82. The van der Waals surface area contributed by atoms with Gasteiger partial charge in [0.1, 0.15) is 17.4 Å². The van der Waals surface area contributed by atoms with Crippen molar-refractivity contribution < 1.29 is 9.90 Å². The van der Waals surface area contributed by atoms with E-state index in [1.165, 1.54) is 27.8 Å². The third kappa shape index (κ3) is 2.27. The van der Waals surface area contributed by atoms with E-state index in [2.05, 4.69) is 15.1 Å². The number of fused-ring (bicyclic) bond motifs is 1. The van der Waals surface area contributed by atoms with Gasteiger partial charge in [-0.2, -0.15) is 5.10 Å². The van der Waals surface area contributed by atoms with Gasteiger partial charge in [0.25, 0.3) is 5.56 Å². The lowest BCUT2D eigenvalue weighted by Crippen LogP contribution is -2.21. The number of carboxylic acids is 1. The van der Waals surface area contributed by atoms with Crippen molar-refractivity contribution in [3.8, 4) is 0 Å². The first kappa shape index (κ1) is 13.0. The van der Waals surface area contributed by atoms with Gasteiger partial charge in [0.2, 0.25) is 0 Å². The van der Waals surface area contributed by atoms with Crippen molar-refractivity contribution in [2.45, 2.75) is 6.54 Å². The van der Waals surface area contributed by atoms with E-state index in [9.17, 15) is 9.59 Å². The van der Waals surface area contributed by atoms with Crippen molar-refractivity contribution in [3.63, 3.8) is 0 Å². The first-order chi connectivity index (χ1) is 10.1. The fraction of sp³-hybridized carbons (Fsp3) is 0.154. The molecule has 0 saturated carbocycles. The second-order valence-electron chi connectivity index (χ2n) is 4.50. The summed E-state index contributed by atoms with van der Waals surface area (Å²) in [6, 6.07) is 4.65. The molecule has 106 valence electrons. The molecular formula is C13H11N5O3. The van der Waals surface area contributed by atoms with Crippen LogP contribution in [0.4, 0.5) is 0 Å². The van der Waals surface area contributed by atoms with Gasteiger partial charge < -0.3 is 5.11 Å². The Hall–Kier alpha value is -3.03. The van der Waals surface area contributed by atoms with E-state index in [4.69, 9.17) is 5.11 Å². The largest absolute Gasteiger partial charge is 0.477 e. The lowest BCUT2D eigenvalue weighted by atomic mass is 10.3. The summed E-state index contributed by atoms with van der Waals surface area (Å²) in [6.45, 7) is 0.151. The molecule has 0 unspecified atom stereocenters. The van der Waals surface area contributed by atoms with Crippen molar-refractivity contribution in [2.24, 2.45) is 7.05 Å². The summed E-state index contributed by atoms with van der Waals surface area (Å²) in [5, 5.41) is 13.3. The van der Waals surface area contributed by atoms with Crippen LogP contribution in [-0.4, -0.2) is 35.4 Å². The van der Waals surface area contributed by atoms with Gasteiger partial charge in [-0.15, -0.1) is 0 Å². The average molecular weight is 285 g/mol. The summed E-state index contributed by atoms with van der Waals surface area (Å²) in [4.78, 5) is 31.3. The summed E-state index contributed by atoms with van der Waals surface area (Å²) >= 11 is 0. The van der Waals surface area contributed by atoms with Gasteiger partial charge in [0.15, 0.2) is 5.65 Å². The summed E-state index contributed by atoms with van der Waals surface area (Å²) in [7, 11) is 1.71. The van der Waals surface area contributed by atoms with Crippen molar-refractivity contribution in [2.75, 3.05) is 0 Å². The molecule has 3 aromatic rings. The predicted molar refractivity (Wildman–Crippen MR) is 73.1 cm³/mol. The maximum Gasteiger partial charge on any atom is 0.354 e. The predicted octanol–water partition coefficient (Wildman–Crippen LogP) is 0.271. The standard InChI is InChI=1S/C13H11N5O3/c1-17-11-9(5-15-17)12(19)18(7-14-11)6-8-3-2-4-10(16-8)13(20)21/h2-5,7H,6H2,1H3,(H,20,21). The summed E-state index contributed by atoms with van der Waals surface area (Å²) in [6.07, 6.45) is 2.86. The topological polar surface area (TPSA) is 103 Å². The third-order valence-electron chi connectivity index (χ3n) is 3.08. The highest BCUT2D eigenvalue weighted by molar-refractivity contribution is 5.85. The maximum absolute atomic E-state index is 12.3. The average Bonchev–Trinajstić information content (AvgIpc) is 2.84. The Morgan fingerprint density at radius 1 is 1.38 bits per heavy atom. The molecule has 0 aliphatic heterocycles. The molecule has 0 amide bonds. The van der Waals surface area contributed by atoms with Crippen LogP contribution in [0.15, 0.2) is 35.5 Å². The molecule has 8 nitrogen and oxygen atoms in total. The number of rotatable bonds is 3. The first-order valence-corrected chi connectivity index (χ1v) is 6.12. The fourth-order valence-electron chi connectivity index (χ4n) is 2.04. The van der Waals surface area contributed by atoms with Gasteiger partial charge in [-0.3, -0.25) is 14.0 Å². The number of aryl methyl sites for hydroxylation is 1. The molecule has 21 heavy (non-hydrogen) atoms. The summed E-state index contributed by atoms with van der Waals surface area (Å²) in [5.74, 6) is -1.11. The number of aromatic nitrogens is 5. The molecule has 0 saturated heterocycles. The number of nitrogens with zero attached hydrogens (tertiary/aromatic N) is 5. The molecule has 0 aromatic carbocycles. The lowest BCUT2D eigenvalue weighted by molar-refractivity contribution is 0.0690. The van der Waals surface area contributed by atoms with Gasteiger partial charge in [0.05, 0.1) is 18.4 Å². The van der Waals surface area contributed by atoms with Crippen LogP contribution in [0.1, 0.15) is 16.2 Å². The molecular weight excluding hydrogens is 274 g/mol. The number of hydrogen-bond acceptors (Lipinski definition) is 5. The van der Waals surface area contributed by atoms with Crippen molar-refractivity contribution in [1.82, 2.24) is 24.3 Å². The summed E-state index contributed by atoms with van der Waals surface area (Å²) < 4.78 is 2.89. The van der Waals surface area contributed by atoms with Crippen LogP contribution in [0.3, 0.4) is 0 Å². The molecule has 0 atom stereocenters. The highest BCUT2D eigenvalue weighted by Crippen LogP contribution is 2.05. The Bertz CT molecular complexity index is 896. The van der Waals surface area contributed by atoms with E-state index in [-0.39, 0.29) is 17.8 Å². The number of aromatic carboxylic acids is 1. The molecule has 1 N–H and O–H groups in total. The highest BCUT2D eigenvalue weighted by atomic mass is 16.4. The number of carbonyl (C=O) groups is 1. The van der Waals surface area contributed by atoms with E-state index in [0.29, 0.717) is 16.7 Å². The molecule has 0 bridgehead atoms. The van der Waals surface area contributed by atoms with Gasteiger partial charge in [-0.1, -0.05) is 6.07 Å². The van der Waals surface area contributed by atoms with Crippen LogP contribution in [0.5, 0.6) is 0 Å². The van der Waals surface area contributed by atoms with E-state index < -0.39 is 5.97 Å². The molecule has 0 radical (unpaired) electrons. The van der Waals surface area contributed by atoms with Crippen LogP contribution in [0.2, 0.25) is 0 Å². The van der Waals surface area contributed by atoms with Crippen molar-refractivity contribution in [3.05, 3.63) is 52.5 Å². The maximum atomic E-state index is 12.3. The molecule has 3 rings (SSSR count). The van der Waals surface area contributed by atoms with Gasteiger partial charge in [0, 0.05) is 7.05 Å². The smallest absolute Gasteiger partial charge is 0.354 e. The van der Waals surface area contributed by atoms with Crippen LogP contribution >= 0.6 is 0 Å². The van der Waals surface area contributed by atoms with E-state index in [1.807, 2.05) is 0 Å². The number of pyridine rings is 1. The minimum atomic E-state index is -1.11. The minimum Gasteiger partial charge on any atom is -0.477 e. The van der Waals surface area contributed by atoms with Crippen LogP contribution in [-0.2, 0) is 13.6 Å². The molecule has 0 aliphatic carbocycles. The zero-order chi connectivity index (χ0) is 15.0. The van der Waals surface area contributed by atoms with Crippen LogP contribution in [0.25, 0.3) is 11.0 Å². The number of carboxylic acid groups (broad SMARTS) is 1. The van der Waals surface area contributed by atoms with Gasteiger partial charge in [-0.05, 0) is 12.1 Å². The molecule has 0 fully saturated rings. The molecule has 0 spiro atoms. The lowest BCUT2D eigenvalue weighted by Gasteiger charge is -2.05. The third-order valence-corrected chi connectivity index (χ3v) is 3.08. The fourth-order valence-corrected chi connectivity index (χ4v) is 2.04. The van der Waals surface area contributed by atoms with Gasteiger partial charge >= 0.3 is 5.97 Å². The Morgan fingerprint density at radius 2 is 2.19 bits per heavy atom. The zero-order valence-corrected chi connectivity index (χ0v) is 11.1. The number of hydrogen-bond donors (Lipinski definition) is 1. The normalized spacial score (nSPS) is 10.9. The molecule has 3 aromatic heterocycles.